The monoisotopic (exact) mass is 516 g/mol. The summed E-state index contributed by atoms with van der Waals surface area (Å²) in [5.74, 6) is 7.39. The summed E-state index contributed by atoms with van der Waals surface area (Å²) in [5, 5.41) is 7.61. The number of rotatable bonds is 8. The van der Waals surface area contributed by atoms with Crippen molar-refractivity contribution in [3.8, 4) is 11.1 Å². The van der Waals surface area contributed by atoms with Gasteiger partial charge in [0.15, 0.2) is 0 Å². The summed E-state index contributed by atoms with van der Waals surface area (Å²) in [4.78, 5) is 4.62. The molecule has 3 aromatic carbocycles. The minimum atomic E-state index is -2.57. The van der Waals surface area contributed by atoms with E-state index in [0.29, 0.717) is 12.3 Å². The van der Waals surface area contributed by atoms with E-state index >= 15 is 0 Å². The molecule has 7 heteroatoms. The van der Waals surface area contributed by atoms with E-state index in [1.54, 1.807) is 0 Å². The molecule has 0 atom stereocenters. The van der Waals surface area contributed by atoms with Gasteiger partial charge in [0.05, 0.1) is 5.71 Å². The molecule has 2 aliphatic rings. The van der Waals surface area contributed by atoms with E-state index in [1.807, 2.05) is 42.5 Å². The van der Waals surface area contributed by atoms with Crippen LogP contribution < -0.4 is 4.90 Å². The molecule has 190 valence electrons. The number of hydrogen-bond donors (Lipinski definition) is 0. The second-order valence-electron chi connectivity index (χ2n) is 9.24. The molecule has 0 unspecified atom stereocenters. The highest BCUT2D eigenvalue weighted by Gasteiger charge is 2.23. The Kier molecular flexibility index (Phi) is 7.60. The minimum absolute atomic E-state index is 0.0924. The van der Waals surface area contributed by atoms with Gasteiger partial charge >= 0.3 is 0 Å². The van der Waals surface area contributed by atoms with Gasteiger partial charge in [0, 0.05) is 43.2 Å². The Hall–Kier alpha value is -3.58. The van der Waals surface area contributed by atoms with Crippen molar-refractivity contribution in [1.29, 1.82) is 0 Å². The lowest BCUT2D eigenvalue weighted by Crippen LogP contribution is -2.40. The highest BCUT2D eigenvalue weighted by atomic mass is 32.2. The fraction of sp³-hybridized carbons (Fsp3) is 0.233. The number of alkyl halides is 2. The minimum Gasteiger partial charge on any atom is -0.357 e. The van der Waals surface area contributed by atoms with Gasteiger partial charge in [-0.1, -0.05) is 79.2 Å². The smallest absolute Gasteiger partial charge is 0.278 e. The van der Waals surface area contributed by atoms with Gasteiger partial charge in [-0.05, 0) is 34.4 Å². The lowest BCUT2D eigenvalue weighted by molar-refractivity contribution is 0.224. The maximum absolute atomic E-state index is 13.0. The molecule has 3 aromatic rings. The average molecular weight is 517 g/mol. The lowest BCUT2D eigenvalue weighted by Gasteiger charge is -2.38. The molecule has 1 fully saturated rings. The van der Waals surface area contributed by atoms with Crippen LogP contribution in [0.3, 0.4) is 0 Å². The molecule has 0 saturated carbocycles. The molecule has 0 radical (unpaired) electrons. The van der Waals surface area contributed by atoms with Gasteiger partial charge in [0.2, 0.25) is 0 Å². The largest absolute Gasteiger partial charge is 0.357 e. The van der Waals surface area contributed by atoms with E-state index in [1.165, 1.54) is 5.56 Å². The van der Waals surface area contributed by atoms with Crippen LogP contribution in [0.2, 0.25) is 0 Å². The maximum Gasteiger partial charge on any atom is 0.278 e. The Morgan fingerprint density at radius 2 is 1.59 bits per heavy atom. The third-order valence-electron chi connectivity index (χ3n) is 6.77. The Morgan fingerprint density at radius 1 is 0.892 bits per heavy atom. The van der Waals surface area contributed by atoms with Crippen LogP contribution in [0.15, 0.2) is 101 Å². The van der Waals surface area contributed by atoms with Crippen molar-refractivity contribution < 1.29 is 8.78 Å². The first-order valence-electron chi connectivity index (χ1n) is 12.3. The molecule has 0 amide bonds. The first-order valence-corrected chi connectivity index (χ1v) is 14.1. The highest BCUT2D eigenvalue weighted by molar-refractivity contribution is 8.14. The summed E-state index contributed by atoms with van der Waals surface area (Å²) in [6.45, 7) is 7.05. The number of halogens is 2. The fourth-order valence-electron chi connectivity index (χ4n) is 4.57. The predicted molar refractivity (Wildman–Crippen MR) is 154 cm³/mol. The van der Waals surface area contributed by atoms with Crippen LogP contribution in [-0.4, -0.2) is 53.2 Å². The Labute approximate surface area is 219 Å². The van der Waals surface area contributed by atoms with Crippen molar-refractivity contribution in [1.82, 2.24) is 4.90 Å². The van der Waals surface area contributed by atoms with Crippen LogP contribution in [0.1, 0.15) is 17.5 Å². The van der Waals surface area contributed by atoms with Crippen molar-refractivity contribution in [2.45, 2.75) is 19.4 Å². The first kappa shape index (κ1) is 25.1. The van der Waals surface area contributed by atoms with Gasteiger partial charge in [-0.2, -0.15) is 20.7 Å². The highest BCUT2D eigenvalue weighted by Crippen LogP contribution is 2.30. The van der Waals surface area contributed by atoms with E-state index in [-0.39, 0.29) is 22.6 Å². The van der Waals surface area contributed by atoms with Gasteiger partial charge in [-0.15, -0.1) is 0 Å². The van der Waals surface area contributed by atoms with E-state index in [2.05, 4.69) is 68.9 Å². The number of anilines is 1. The normalized spacial score (nSPS) is 16.0. The molecule has 0 bridgehead atoms. The molecule has 1 saturated heterocycles. The summed E-state index contributed by atoms with van der Waals surface area (Å²) in [5.41, 5.74) is 5.71. The third kappa shape index (κ3) is 5.88. The molecule has 37 heavy (non-hydrogen) atoms. The summed E-state index contributed by atoms with van der Waals surface area (Å²) in [6.07, 6.45) is -2.48. The zero-order valence-electron chi connectivity index (χ0n) is 20.7. The third-order valence-corrected chi connectivity index (χ3v) is 8.29. The summed E-state index contributed by atoms with van der Waals surface area (Å²) >= 11 is 0. The molecule has 2 aliphatic heterocycles. The van der Waals surface area contributed by atoms with E-state index in [4.69, 9.17) is 0 Å². The van der Waals surface area contributed by atoms with Crippen molar-refractivity contribution >= 4 is 33.5 Å². The van der Waals surface area contributed by atoms with Gasteiger partial charge in [0.1, 0.15) is 11.5 Å². The molecule has 2 heterocycles. The summed E-state index contributed by atoms with van der Waals surface area (Å²) in [7, 11) is 0.220. The maximum atomic E-state index is 13.0. The number of hydrogen-bond acceptors (Lipinski definition) is 4. The van der Waals surface area contributed by atoms with Crippen molar-refractivity contribution in [3.05, 3.63) is 102 Å². The van der Waals surface area contributed by atoms with Crippen LogP contribution in [0.25, 0.3) is 11.1 Å². The van der Waals surface area contributed by atoms with E-state index in [9.17, 15) is 8.78 Å². The van der Waals surface area contributed by atoms with Gasteiger partial charge in [-0.25, -0.2) is 8.78 Å². The average Bonchev–Trinajstić information content (AvgIpc) is 3.44. The fourth-order valence-corrected chi connectivity index (χ4v) is 5.73. The molecule has 0 aromatic heterocycles. The Bertz CT molecular complexity index is 1340. The molecular formula is C30H30F2N4S. The molecule has 0 spiro atoms. The van der Waals surface area contributed by atoms with Crippen molar-refractivity contribution in [2.75, 3.05) is 29.5 Å². The Morgan fingerprint density at radius 3 is 2.27 bits per heavy atom. The Balaban J connectivity index is 1.40. The van der Waals surface area contributed by atoms with Gasteiger partial charge < -0.3 is 9.80 Å². The van der Waals surface area contributed by atoms with Gasteiger partial charge in [-0.3, -0.25) is 0 Å². The van der Waals surface area contributed by atoms with E-state index < -0.39 is 6.43 Å². The van der Waals surface area contributed by atoms with E-state index in [0.717, 1.165) is 52.8 Å². The number of nitrogens with zero attached hydrogens (tertiary/aromatic N) is 4. The van der Waals surface area contributed by atoms with Crippen LogP contribution >= 0.6 is 10.5 Å². The van der Waals surface area contributed by atoms with Gasteiger partial charge in [0.25, 0.3) is 6.43 Å². The van der Waals surface area contributed by atoms with Crippen LogP contribution in [0.5, 0.6) is 0 Å². The predicted octanol–water partition coefficient (Wildman–Crippen LogP) is 6.66. The van der Waals surface area contributed by atoms with Crippen molar-refractivity contribution in [3.63, 3.8) is 0 Å². The quantitative estimate of drug-likeness (QED) is 0.314. The summed E-state index contributed by atoms with van der Waals surface area (Å²) in [6, 6.07) is 26.8. The number of benzene rings is 3. The topological polar surface area (TPSA) is 31.2 Å². The second-order valence-corrected chi connectivity index (χ2v) is 11.3. The zero-order valence-corrected chi connectivity index (χ0v) is 21.5. The lowest BCUT2D eigenvalue weighted by atomic mass is 10.0. The van der Waals surface area contributed by atoms with Crippen LogP contribution in [-0.2, 0) is 6.54 Å². The SMILES string of the molecule is C=C(N1CCS(=C)CC1)N(Cc1ccc(C2=NN=C(C(F)F)C2)cc1)c1cccc(-c2ccccc2)c1. The summed E-state index contributed by atoms with van der Waals surface area (Å²) < 4.78 is 25.9. The van der Waals surface area contributed by atoms with Crippen LogP contribution in [0.4, 0.5) is 14.5 Å². The molecule has 0 aliphatic carbocycles. The van der Waals surface area contributed by atoms with Crippen LogP contribution in [0, 0.1) is 0 Å². The molecule has 4 nitrogen and oxygen atoms in total. The molecule has 5 rings (SSSR count). The van der Waals surface area contributed by atoms with Crippen molar-refractivity contribution in [2.24, 2.45) is 10.2 Å². The zero-order chi connectivity index (χ0) is 25.8. The molecule has 0 N–H and O–H groups in total. The second kappa shape index (κ2) is 11.2. The first-order chi connectivity index (χ1) is 18.0. The molecular weight excluding hydrogens is 486 g/mol. The standard InChI is InChI=1S/C30H30F2N4S/c1-22(35-15-17-37(2)18-16-35)36(27-10-6-9-26(19-27)24-7-4-3-5-8-24)21-23-11-13-25(14-12-23)28-20-29(30(31)32)34-33-28/h3-14,19,30H,1-2,15-18,20-21H2.